The van der Waals surface area contributed by atoms with Crippen LogP contribution >= 0.6 is 11.6 Å². The van der Waals surface area contributed by atoms with Crippen LogP contribution in [0.4, 0.5) is 13.2 Å². The Kier molecular flexibility index (Phi) is 4.96. The zero-order valence-corrected chi connectivity index (χ0v) is 14.3. The third-order valence-corrected chi connectivity index (χ3v) is 4.27. The summed E-state index contributed by atoms with van der Waals surface area (Å²) >= 11 is 6.13. The molecule has 10 heteroatoms. The lowest BCUT2D eigenvalue weighted by Gasteiger charge is -2.24. The highest BCUT2D eigenvalue weighted by Gasteiger charge is 2.35. The molecule has 0 radical (unpaired) electrons. The molecule has 3 rings (SSSR count). The molecule has 0 saturated carbocycles. The first-order valence-corrected chi connectivity index (χ1v) is 8.01. The number of halogens is 4. The second kappa shape index (κ2) is 6.90. The molecule has 2 aromatic rings. The number of rotatable bonds is 2. The number of aromatic nitrogens is 2. The summed E-state index contributed by atoms with van der Waals surface area (Å²) in [6.07, 6.45) is -4.88. The summed E-state index contributed by atoms with van der Waals surface area (Å²) in [7, 11) is 0.950. The van der Waals surface area contributed by atoms with Crippen LogP contribution in [-0.2, 0) is 22.7 Å². The lowest BCUT2D eigenvalue weighted by molar-refractivity contribution is -0.182. The molecule has 0 amide bonds. The van der Waals surface area contributed by atoms with E-state index in [0.717, 1.165) is 7.05 Å². The van der Waals surface area contributed by atoms with E-state index in [2.05, 4.69) is 0 Å². The van der Waals surface area contributed by atoms with Gasteiger partial charge in [-0.1, -0.05) is 11.6 Å². The largest absolute Gasteiger partial charge is 0.431 e. The molecule has 0 spiro atoms. The van der Waals surface area contributed by atoms with Gasteiger partial charge >= 0.3 is 11.9 Å². The van der Waals surface area contributed by atoms with E-state index < -0.39 is 29.4 Å². The van der Waals surface area contributed by atoms with Crippen LogP contribution in [0.3, 0.4) is 0 Å². The second-order valence-corrected chi connectivity index (χ2v) is 6.08. The minimum Gasteiger partial charge on any atom is -0.348 e. The predicted molar refractivity (Wildman–Crippen MR) is 86.6 cm³/mol. The zero-order chi connectivity index (χ0) is 19.1. The van der Waals surface area contributed by atoms with Gasteiger partial charge < -0.3 is 9.47 Å². The molecule has 0 unspecified atom stereocenters. The van der Waals surface area contributed by atoms with Crippen LogP contribution in [0.15, 0.2) is 33.9 Å². The predicted octanol–water partition coefficient (Wildman–Crippen LogP) is 2.64. The topological polar surface area (TPSA) is 62.5 Å². The molecular formula is C16H14ClF3N2O4. The Labute approximate surface area is 150 Å². The van der Waals surface area contributed by atoms with Crippen LogP contribution in [0.5, 0.6) is 0 Å². The summed E-state index contributed by atoms with van der Waals surface area (Å²) in [6.45, 7) is 0.903. The fourth-order valence-electron chi connectivity index (χ4n) is 2.65. The van der Waals surface area contributed by atoms with Crippen molar-refractivity contribution in [2.45, 2.75) is 18.9 Å². The Hall–Kier alpha value is -2.10. The number of benzene rings is 1. The van der Waals surface area contributed by atoms with E-state index in [1.165, 1.54) is 18.2 Å². The molecule has 0 bridgehead atoms. The molecule has 6 nitrogen and oxygen atoms in total. The van der Waals surface area contributed by atoms with Crippen molar-refractivity contribution in [3.05, 3.63) is 61.4 Å². The third-order valence-electron chi connectivity index (χ3n) is 3.93. The average molecular weight is 391 g/mol. The summed E-state index contributed by atoms with van der Waals surface area (Å²) in [5, 5.41) is 0.289. The number of nitrogens with zero attached hydrogens (tertiary/aromatic N) is 2. The van der Waals surface area contributed by atoms with Crippen LogP contribution in [-0.4, -0.2) is 22.3 Å². The van der Waals surface area contributed by atoms with Crippen molar-refractivity contribution in [3.8, 4) is 5.69 Å². The van der Waals surface area contributed by atoms with Gasteiger partial charge in [-0.3, -0.25) is 9.36 Å². The highest BCUT2D eigenvalue weighted by atomic mass is 35.5. The number of alkyl halides is 3. The first-order chi connectivity index (χ1) is 12.2. The first-order valence-electron chi connectivity index (χ1n) is 7.63. The van der Waals surface area contributed by atoms with E-state index in [1.54, 1.807) is 0 Å². The summed E-state index contributed by atoms with van der Waals surface area (Å²) in [5.41, 5.74) is -3.08. The monoisotopic (exact) mass is 390 g/mol. The van der Waals surface area contributed by atoms with E-state index in [4.69, 9.17) is 21.1 Å². The van der Waals surface area contributed by atoms with Crippen molar-refractivity contribution < 1.29 is 22.6 Å². The minimum absolute atomic E-state index is 0.0708. The highest BCUT2D eigenvalue weighted by Crippen LogP contribution is 2.31. The highest BCUT2D eigenvalue weighted by molar-refractivity contribution is 6.31. The zero-order valence-electron chi connectivity index (χ0n) is 13.5. The van der Waals surface area contributed by atoms with Crippen molar-refractivity contribution in [2.75, 3.05) is 13.2 Å². The summed E-state index contributed by atoms with van der Waals surface area (Å²) in [5.74, 6) is 0. The Morgan fingerprint density at radius 3 is 2.42 bits per heavy atom. The summed E-state index contributed by atoms with van der Waals surface area (Å²) in [4.78, 5) is 24.5. The molecule has 1 aliphatic heterocycles. The molecule has 1 saturated heterocycles. The van der Waals surface area contributed by atoms with Crippen LogP contribution in [0, 0.1) is 0 Å². The normalized spacial score (nSPS) is 16.0. The van der Waals surface area contributed by atoms with Crippen LogP contribution in [0.25, 0.3) is 5.69 Å². The van der Waals surface area contributed by atoms with Gasteiger partial charge in [0.15, 0.2) is 6.29 Å². The van der Waals surface area contributed by atoms with Crippen molar-refractivity contribution in [2.24, 2.45) is 7.05 Å². The quantitative estimate of drug-likeness (QED) is 0.791. The van der Waals surface area contributed by atoms with Gasteiger partial charge in [0.05, 0.1) is 18.9 Å². The Morgan fingerprint density at radius 1 is 1.15 bits per heavy atom. The number of ether oxygens (including phenoxy) is 2. The van der Waals surface area contributed by atoms with Gasteiger partial charge in [-0.25, -0.2) is 9.36 Å². The maximum absolute atomic E-state index is 12.9. The molecule has 0 atom stereocenters. The Morgan fingerprint density at radius 2 is 1.81 bits per heavy atom. The van der Waals surface area contributed by atoms with Crippen molar-refractivity contribution in [1.82, 2.24) is 9.13 Å². The molecular weight excluding hydrogens is 377 g/mol. The van der Waals surface area contributed by atoms with Gasteiger partial charge in [0.25, 0.3) is 5.56 Å². The molecule has 1 aromatic carbocycles. The summed E-state index contributed by atoms with van der Waals surface area (Å²) < 4.78 is 50.8. The lowest BCUT2D eigenvalue weighted by atomic mass is 10.1. The van der Waals surface area contributed by atoms with Crippen LogP contribution < -0.4 is 11.2 Å². The van der Waals surface area contributed by atoms with E-state index in [-0.39, 0.29) is 10.7 Å². The fourth-order valence-corrected chi connectivity index (χ4v) is 2.86. The molecule has 1 fully saturated rings. The lowest BCUT2D eigenvalue weighted by Crippen LogP contribution is -2.40. The number of hydrogen-bond acceptors (Lipinski definition) is 4. The smallest absolute Gasteiger partial charge is 0.348 e. The van der Waals surface area contributed by atoms with Gasteiger partial charge in [-0.05, 0) is 24.6 Å². The van der Waals surface area contributed by atoms with Gasteiger partial charge in [0.2, 0.25) is 0 Å². The standard InChI is InChI=1S/C16H14ClF3N2O4/c1-21-12(16(18,19)20)8-13(23)22(15(21)24)9-3-4-11(17)10(7-9)14-25-5-2-6-26-14/h3-4,7-8,14H,2,5-6H2,1H3. The van der Waals surface area contributed by atoms with Crippen LogP contribution in [0.1, 0.15) is 24.0 Å². The molecule has 2 heterocycles. The van der Waals surface area contributed by atoms with Gasteiger partial charge in [0.1, 0.15) is 5.69 Å². The molecule has 1 aromatic heterocycles. The van der Waals surface area contributed by atoms with Crippen molar-refractivity contribution in [1.29, 1.82) is 0 Å². The van der Waals surface area contributed by atoms with Crippen LogP contribution in [0.2, 0.25) is 5.02 Å². The molecule has 140 valence electrons. The Bertz CT molecular complexity index is 946. The SMILES string of the molecule is Cn1c(C(F)(F)F)cc(=O)n(-c2ccc(Cl)c(C3OCCCO3)c2)c1=O. The average Bonchev–Trinajstić information content (AvgIpc) is 2.59. The third kappa shape index (κ3) is 3.42. The van der Waals surface area contributed by atoms with Crippen molar-refractivity contribution in [3.63, 3.8) is 0 Å². The molecule has 0 aliphatic carbocycles. The number of hydrogen-bond donors (Lipinski definition) is 0. The van der Waals surface area contributed by atoms with E-state index in [1.807, 2.05) is 0 Å². The fraction of sp³-hybridized carbons (Fsp3) is 0.375. The Balaban J connectivity index is 2.14. The maximum Gasteiger partial charge on any atom is 0.431 e. The van der Waals surface area contributed by atoms with Gasteiger partial charge in [0, 0.05) is 23.7 Å². The molecule has 0 N–H and O–H groups in total. The van der Waals surface area contributed by atoms with Gasteiger partial charge in [-0.15, -0.1) is 0 Å². The molecule has 1 aliphatic rings. The van der Waals surface area contributed by atoms with Crippen molar-refractivity contribution >= 4 is 11.6 Å². The second-order valence-electron chi connectivity index (χ2n) is 5.68. The molecule has 26 heavy (non-hydrogen) atoms. The minimum atomic E-state index is -4.82. The maximum atomic E-state index is 12.9. The van der Waals surface area contributed by atoms with E-state index in [9.17, 15) is 22.8 Å². The van der Waals surface area contributed by atoms with E-state index in [0.29, 0.717) is 40.4 Å². The summed E-state index contributed by atoms with van der Waals surface area (Å²) in [6, 6.07) is 4.57. The van der Waals surface area contributed by atoms with E-state index >= 15 is 0 Å². The van der Waals surface area contributed by atoms with Gasteiger partial charge in [-0.2, -0.15) is 13.2 Å². The first kappa shape index (κ1) is 18.7.